The number of carbonyl (C=O) groups is 2. The van der Waals surface area contributed by atoms with Gasteiger partial charge in [-0.1, -0.05) is 0 Å². The SMILES string of the molecule is COC(=O)CCc1ncc(C2=C(OC)CN(c3ccc(C(=N)N)cc3)C2=O)cn1. The monoisotopic (exact) mass is 395 g/mol. The van der Waals surface area contributed by atoms with Gasteiger partial charge in [-0.05, 0) is 24.3 Å². The van der Waals surface area contributed by atoms with Crippen molar-refractivity contribution in [3.63, 3.8) is 0 Å². The first-order valence-electron chi connectivity index (χ1n) is 8.86. The zero-order valence-electron chi connectivity index (χ0n) is 16.1. The van der Waals surface area contributed by atoms with Crippen LogP contribution in [0.3, 0.4) is 0 Å². The lowest BCUT2D eigenvalue weighted by Gasteiger charge is -2.17. The number of aryl methyl sites for hydroxylation is 1. The third-order valence-electron chi connectivity index (χ3n) is 4.55. The second-order valence-electron chi connectivity index (χ2n) is 6.32. The molecule has 0 unspecified atom stereocenters. The second-order valence-corrected chi connectivity index (χ2v) is 6.32. The first kappa shape index (κ1) is 20.0. The van der Waals surface area contributed by atoms with E-state index in [1.807, 2.05) is 0 Å². The van der Waals surface area contributed by atoms with Crippen LogP contribution in [0.2, 0.25) is 0 Å². The number of carbonyl (C=O) groups excluding carboxylic acids is 2. The van der Waals surface area contributed by atoms with Crippen molar-refractivity contribution in [3.05, 3.63) is 59.4 Å². The van der Waals surface area contributed by atoms with E-state index >= 15 is 0 Å². The van der Waals surface area contributed by atoms with Gasteiger partial charge in [0.2, 0.25) is 0 Å². The van der Waals surface area contributed by atoms with Crippen LogP contribution in [-0.4, -0.2) is 48.4 Å². The van der Waals surface area contributed by atoms with Crippen molar-refractivity contribution in [2.45, 2.75) is 12.8 Å². The molecule has 0 atom stereocenters. The average Bonchev–Trinajstić information content (AvgIpc) is 3.08. The summed E-state index contributed by atoms with van der Waals surface area (Å²) >= 11 is 0. The van der Waals surface area contributed by atoms with Crippen molar-refractivity contribution in [1.82, 2.24) is 9.97 Å². The maximum absolute atomic E-state index is 13.0. The summed E-state index contributed by atoms with van der Waals surface area (Å²) in [7, 11) is 2.84. The van der Waals surface area contributed by atoms with Gasteiger partial charge in [0.15, 0.2) is 0 Å². The van der Waals surface area contributed by atoms with Gasteiger partial charge in [0, 0.05) is 35.6 Å². The first-order chi connectivity index (χ1) is 13.9. The molecule has 9 nitrogen and oxygen atoms in total. The van der Waals surface area contributed by atoms with Crippen LogP contribution in [0.1, 0.15) is 23.4 Å². The Hall–Kier alpha value is -3.75. The molecule has 0 saturated carbocycles. The van der Waals surface area contributed by atoms with E-state index in [-0.39, 0.29) is 30.7 Å². The molecular weight excluding hydrogens is 374 g/mol. The van der Waals surface area contributed by atoms with Crippen LogP contribution in [0.5, 0.6) is 0 Å². The Labute approximate surface area is 167 Å². The van der Waals surface area contributed by atoms with Crippen LogP contribution in [-0.2, 0) is 25.5 Å². The van der Waals surface area contributed by atoms with E-state index in [2.05, 4.69) is 14.7 Å². The normalized spacial score (nSPS) is 13.6. The van der Waals surface area contributed by atoms with Crippen LogP contribution in [0, 0.1) is 5.41 Å². The van der Waals surface area contributed by atoms with Gasteiger partial charge in [-0.25, -0.2) is 9.97 Å². The van der Waals surface area contributed by atoms with E-state index in [9.17, 15) is 9.59 Å². The smallest absolute Gasteiger partial charge is 0.305 e. The number of esters is 1. The lowest BCUT2D eigenvalue weighted by molar-refractivity contribution is -0.140. The summed E-state index contributed by atoms with van der Waals surface area (Å²) in [4.78, 5) is 34.3. The number of rotatable bonds is 7. The molecule has 2 aromatic rings. The Morgan fingerprint density at radius 1 is 1.21 bits per heavy atom. The van der Waals surface area contributed by atoms with Crippen molar-refractivity contribution >= 4 is 29.0 Å². The van der Waals surface area contributed by atoms with Gasteiger partial charge in [-0.15, -0.1) is 0 Å². The van der Waals surface area contributed by atoms with Crippen LogP contribution >= 0.6 is 0 Å². The van der Waals surface area contributed by atoms with Crippen molar-refractivity contribution in [2.24, 2.45) is 5.73 Å². The molecule has 0 fully saturated rings. The van der Waals surface area contributed by atoms with Crippen LogP contribution in [0.4, 0.5) is 5.69 Å². The van der Waals surface area contributed by atoms with Crippen molar-refractivity contribution in [1.29, 1.82) is 5.41 Å². The molecule has 0 radical (unpaired) electrons. The van der Waals surface area contributed by atoms with Crippen molar-refractivity contribution < 1.29 is 19.1 Å². The molecular formula is C20H21N5O4. The van der Waals surface area contributed by atoms with Crippen molar-refractivity contribution in [3.8, 4) is 0 Å². The number of hydrogen-bond acceptors (Lipinski definition) is 7. The number of nitrogens with two attached hydrogens (primary N) is 1. The molecule has 1 aromatic carbocycles. The Morgan fingerprint density at radius 3 is 2.41 bits per heavy atom. The summed E-state index contributed by atoms with van der Waals surface area (Å²) in [6.07, 6.45) is 3.64. The number of methoxy groups -OCH3 is 2. The highest BCUT2D eigenvalue weighted by Crippen LogP contribution is 2.31. The Balaban J connectivity index is 1.80. The van der Waals surface area contributed by atoms with Crippen LogP contribution in [0.15, 0.2) is 42.4 Å². The molecule has 150 valence electrons. The predicted molar refractivity (Wildman–Crippen MR) is 106 cm³/mol. The standard InChI is InChI=1S/C20H21N5O4/c1-28-15-11-25(14-5-3-12(4-6-14)19(21)22)20(27)18(15)13-9-23-16(24-10-13)7-8-17(26)29-2/h3-6,9-10H,7-8,11H2,1-2H3,(H3,21,22). The predicted octanol–water partition coefficient (Wildman–Crippen LogP) is 1.27. The quantitative estimate of drug-likeness (QED) is 0.410. The molecule has 0 spiro atoms. The number of aromatic nitrogens is 2. The summed E-state index contributed by atoms with van der Waals surface area (Å²) < 4.78 is 10.0. The molecule has 3 N–H and O–H groups in total. The van der Waals surface area contributed by atoms with Gasteiger partial charge >= 0.3 is 5.97 Å². The maximum Gasteiger partial charge on any atom is 0.305 e. The van der Waals surface area contributed by atoms with Crippen molar-refractivity contribution in [2.75, 3.05) is 25.7 Å². The summed E-state index contributed by atoms with van der Waals surface area (Å²) in [6.45, 7) is 0.272. The highest BCUT2D eigenvalue weighted by Gasteiger charge is 2.33. The number of nitrogens with zero attached hydrogens (tertiary/aromatic N) is 3. The minimum atomic E-state index is -0.334. The highest BCUT2D eigenvalue weighted by molar-refractivity contribution is 6.29. The lowest BCUT2D eigenvalue weighted by atomic mass is 10.1. The summed E-state index contributed by atoms with van der Waals surface area (Å²) in [5, 5.41) is 7.47. The molecule has 3 rings (SSSR count). The minimum Gasteiger partial charge on any atom is -0.498 e. The number of nitrogen functional groups attached to an aromatic ring is 1. The van der Waals surface area contributed by atoms with Gasteiger partial charge in [-0.2, -0.15) is 0 Å². The van der Waals surface area contributed by atoms with Gasteiger partial charge in [0.25, 0.3) is 5.91 Å². The molecule has 0 aliphatic carbocycles. The molecule has 2 heterocycles. The van der Waals surface area contributed by atoms with E-state index in [0.29, 0.717) is 40.4 Å². The number of anilines is 1. The number of nitrogens with one attached hydrogen (secondary N) is 1. The molecule has 0 bridgehead atoms. The molecule has 0 saturated heterocycles. The zero-order chi connectivity index (χ0) is 21.0. The minimum absolute atomic E-state index is 0.0369. The van der Waals surface area contributed by atoms with E-state index in [1.54, 1.807) is 41.6 Å². The molecule has 1 aliphatic heterocycles. The van der Waals surface area contributed by atoms with E-state index < -0.39 is 0 Å². The highest BCUT2D eigenvalue weighted by atomic mass is 16.5. The van der Waals surface area contributed by atoms with Crippen LogP contribution < -0.4 is 10.6 Å². The topological polar surface area (TPSA) is 131 Å². The molecule has 9 heteroatoms. The summed E-state index contributed by atoms with van der Waals surface area (Å²) in [5.74, 6) is 0.394. The second kappa shape index (κ2) is 8.51. The number of hydrogen-bond donors (Lipinski definition) is 2. The fourth-order valence-corrected chi connectivity index (χ4v) is 2.96. The molecule has 1 amide bonds. The number of amidine groups is 1. The Bertz CT molecular complexity index is 967. The third kappa shape index (κ3) is 4.23. The Kier molecular flexibility index (Phi) is 5.87. The van der Waals surface area contributed by atoms with Gasteiger partial charge in [0.1, 0.15) is 17.4 Å². The Morgan fingerprint density at radius 2 is 1.86 bits per heavy atom. The number of amides is 1. The fourth-order valence-electron chi connectivity index (χ4n) is 2.96. The zero-order valence-corrected chi connectivity index (χ0v) is 16.1. The van der Waals surface area contributed by atoms with Gasteiger partial charge in [-0.3, -0.25) is 15.0 Å². The van der Waals surface area contributed by atoms with E-state index in [4.69, 9.17) is 15.9 Å². The van der Waals surface area contributed by atoms with Crippen LogP contribution in [0.25, 0.3) is 5.57 Å². The van der Waals surface area contributed by atoms with Gasteiger partial charge in [0.05, 0.1) is 32.8 Å². The number of ether oxygens (including phenoxy) is 2. The largest absolute Gasteiger partial charge is 0.498 e. The molecule has 1 aromatic heterocycles. The lowest BCUT2D eigenvalue weighted by Crippen LogP contribution is -2.26. The first-order valence-corrected chi connectivity index (χ1v) is 8.86. The molecule has 29 heavy (non-hydrogen) atoms. The maximum atomic E-state index is 13.0. The average molecular weight is 395 g/mol. The van der Waals surface area contributed by atoms with Gasteiger partial charge < -0.3 is 20.1 Å². The summed E-state index contributed by atoms with van der Waals surface area (Å²) in [5.41, 5.74) is 7.66. The number of benzene rings is 1. The third-order valence-corrected chi connectivity index (χ3v) is 4.55. The summed E-state index contributed by atoms with van der Waals surface area (Å²) in [6, 6.07) is 6.85. The van der Waals surface area contributed by atoms with E-state index in [0.717, 1.165) is 0 Å². The molecule has 1 aliphatic rings. The fraction of sp³-hybridized carbons (Fsp3) is 0.250. The van der Waals surface area contributed by atoms with E-state index in [1.165, 1.54) is 14.2 Å².